The van der Waals surface area contributed by atoms with Crippen LogP contribution in [0.2, 0.25) is 0 Å². The number of alkyl halides is 2. The molecule has 2 atom stereocenters. The van der Waals surface area contributed by atoms with Crippen LogP contribution in [-0.2, 0) is 15.9 Å². The Balaban J connectivity index is 1.37. The third-order valence-corrected chi connectivity index (χ3v) is 10.4. The predicted octanol–water partition coefficient (Wildman–Crippen LogP) is 3.59. The SMILES string of the molecule is CNCCS(=O)(=O)N1C[C@H]2[C@H](C1)n1ncc(NC(=O)c3ccc(OC)c(C#N)c3)c1C(=O)N2c1ccc(C(F)(F)c2ccccc2)cc1. The van der Waals surface area contributed by atoms with E-state index in [-0.39, 0.29) is 70.5 Å². The normalized spacial score (nSPS) is 17.8. The molecular weight excluding hydrogens is 644 g/mol. The highest BCUT2D eigenvalue weighted by molar-refractivity contribution is 7.89. The number of methoxy groups -OCH3 is 1. The monoisotopic (exact) mass is 675 g/mol. The topological polar surface area (TPSA) is 150 Å². The standard InChI is InChI=1S/C33H31F2N7O5S/c1-37-14-15-48(45,46)40-19-27-28(20-40)42-30(26(18-38-42)39-31(43)21-8-13-29(47-2)22(16-21)17-36)32(44)41(27)25-11-9-24(10-12-25)33(34,35)23-6-4-3-5-7-23/h3-13,16,18,27-28,37H,14-15,19-20H2,1-2H3,(H,39,43)/t27-,28-/m0/s1. The number of nitrogens with zero attached hydrogens (tertiary/aromatic N) is 5. The fraction of sp³-hybridized carbons (Fsp3) is 0.273. The molecule has 0 spiro atoms. The summed E-state index contributed by atoms with van der Waals surface area (Å²) in [5.41, 5.74) is 0.124. The Morgan fingerprint density at radius 2 is 1.75 bits per heavy atom. The average Bonchev–Trinajstić information content (AvgIpc) is 3.73. The lowest BCUT2D eigenvalue weighted by Crippen LogP contribution is -2.51. The summed E-state index contributed by atoms with van der Waals surface area (Å²) in [5.74, 6) is -4.41. The van der Waals surface area contributed by atoms with Crippen LogP contribution in [-0.4, -0.2) is 79.9 Å². The van der Waals surface area contributed by atoms with Crippen LogP contribution in [0.15, 0.2) is 79.0 Å². The van der Waals surface area contributed by atoms with Gasteiger partial charge in [-0.1, -0.05) is 42.5 Å². The molecule has 1 fully saturated rings. The summed E-state index contributed by atoms with van der Waals surface area (Å²) in [6.45, 7) is 0.168. The highest BCUT2D eigenvalue weighted by Gasteiger charge is 2.50. The third kappa shape index (κ3) is 5.78. The highest BCUT2D eigenvalue weighted by Crippen LogP contribution is 2.41. The molecule has 2 aliphatic rings. The van der Waals surface area contributed by atoms with Crippen molar-refractivity contribution in [3.8, 4) is 11.8 Å². The van der Waals surface area contributed by atoms with E-state index >= 15 is 8.78 Å². The molecule has 0 saturated carbocycles. The summed E-state index contributed by atoms with van der Waals surface area (Å²) in [6, 6.07) is 17.6. The van der Waals surface area contributed by atoms with Gasteiger partial charge >= 0.3 is 0 Å². The summed E-state index contributed by atoms with van der Waals surface area (Å²) < 4.78 is 65.1. The van der Waals surface area contributed by atoms with E-state index in [2.05, 4.69) is 15.7 Å². The van der Waals surface area contributed by atoms with Gasteiger partial charge in [0.25, 0.3) is 17.7 Å². The fourth-order valence-corrected chi connectivity index (χ4v) is 7.56. The molecule has 48 heavy (non-hydrogen) atoms. The van der Waals surface area contributed by atoms with Gasteiger partial charge in [-0.15, -0.1) is 0 Å². The molecular formula is C33H31F2N7O5S. The van der Waals surface area contributed by atoms with Gasteiger partial charge in [0.1, 0.15) is 11.8 Å². The first-order valence-corrected chi connectivity index (χ1v) is 16.6. The molecule has 248 valence electrons. The van der Waals surface area contributed by atoms with Crippen molar-refractivity contribution in [1.82, 2.24) is 19.4 Å². The molecule has 0 bridgehead atoms. The Morgan fingerprint density at radius 3 is 2.42 bits per heavy atom. The van der Waals surface area contributed by atoms with Gasteiger partial charge in [-0.25, -0.2) is 8.42 Å². The number of carbonyl (C=O) groups excluding carboxylic acids is 2. The van der Waals surface area contributed by atoms with Crippen LogP contribution in [0.3, 0.4) is 0 Å². The molecule has 1 aromatic heterocycles. The van der Waals surface area contributed by atoms with Gasteiger partial charge in [0.2, 0.25) is 10.0 Å². The van der Waals surface area contributed by atoms with Crippen molar-refractivity contribution in [2.24, 2.45) is 0 Å². The summed E-state index contributed by atoms with van der Waals surface area (Å²) in [6.07, 6.45) is 1.31. The number of hydrogen-bond acceptors (Lipinski definition) is 8. The molecule has 12 nitrogen and oxygen atoms in total. The molecule has 2 aliphatic heterocycles. The van der Waals surface area contributed by atoms with Crippen molar-refractivity contribution in [2.75, 3.05) is 49.8 Å². The van der Waals surface area contributed by atoms with E-state index in [0.717, 1.165) is 0 Å². The maximum Gasteiger partial charge on any atom is 0.298 e. The Labute approximate surface area is 275 Å². The minimum absolute atomic E-state index is 0.00324. The van der Waals surface area contributed by atoms with E-state index in [4.69, 9.17) is 4.74 Å². The number of benzene rings is 3. The first kappa shape index (κ1) is 32.8. The number of hydrogen-bond donors (Lipinski definition) is 2. The molecule has 6 rings (SSSR count). The molecule has 0 radical (unpaired) electrons. The van der Waals surface area contributed by atoms with Crippen LogP contribution in [0.25, 0.3) is 0 Å². The van der Waals surface area contributed by atoms with E-state index < -0.39 is 39.8 Å². The number of fused-ring (bicyclic) bond motifs is 3. The van der Waals surface area contributed by atoms with Crippen LogP contribution < -0.4 is 20.3 Å². The maximum atomic E-state index is 15.4. The number of carbonyl (C=O) groups is 2. The molecule has 3 heterocycles. The zero-order valence-corrected chi connectivity index (χ0v) is 26.7. The average molecular weight is 676 g/mol. The number of nitrogens with one attached hydrogen (secondary N) is 2. The number of sulfonamides is 1. The maximum absolute atomic E-state index is 15.4. The second kappa shape index (κ2) is 12.8. The van der Waals surface area contributed by atoms with Crippen molar-refractivity contribution >= 4 is 33.2 Å². The number of anilines is 2. The lowest BCUT2D eigenvalue weighted by Gasteiger charge is -2.37. The van der Waals surface area contributed by atoms with Gasteiger partial charge in [0.05, 0.1) is 42.4 Å². The molecule has 3 aromatic carbocycles. The Bertz CT molecular complexity index is 2010. The first-order chi connectivity index (χ1) is 23.0. The van der Waals surface area contributed by atoms with Gasteiger partial charge in [-0.3, -0.25) is 14.3 Å². The van der Waals surface area contributed by atoms with E-state index in [9.17, 15) is 23.3 Å². The molecule has 15 heteroatoms. The zero-order chi connectivity index (χ0) is 34.2. The lowest BCUT2D eigenvalue weighted by atomic mass is 9.99. The molecule has 0 aliphatic carbocycles. The second-order valence-electron chi connectivity index (χ2n) is 11.4. The van der Waals surface area contributed by atoms with Crippen LogP contribution in [0, 0.1) is 11.3 Å². The largest absolute Gasteiger partial charge is 0.495 e. The van der Waals surface area contributed by atoms with Gasteiger partial charge in [0.15, 0.2) is 5.69 Å². The number of amides is 2. The molecule has 2 amide bonds. The van der Waals surface area contributed by atoms with Crippen molar-refractivity contribution in [2.45, 2.75) is 18.0 Å². The number of nitriles is 1. The number of halogens is 2. The van der Waals surface area contributed by atoms with Crippen molar-refractivity contribution in [3.63, 3.8) is 0 Å². The molecule has 0 unspecified atom stereocenters. The number of aromatic nitrogens is 2. The van der Waals surface area contributed by atoms with Crippen LogP contribution in [0.4, 0.5) is 20.2 Å². The summed E-state index contributed by atoms with van der Waals surface area (Å²) in [7, 11) is -0.694. The van der Waals surface area contributed by atoms with Crippen LogP contribution in [0.5, 0.6) is 5.75 Å². The Kier molecular flexibility index (Phi) is 8.73. The second-order valence-corrected chi connectivity index (χ2v) is 13.5. The van der Waals surface area contributed by atoms with E-state index in [1.807, 2.05) is 6.07 Å². The molecule has 1 saturated heterocycles. The first-order valence-electron chi connectivity index (χ1n) is 15.0. The Morgan fingerprint density at radius 1 is 1.06 bits per heavy atom. The summed E-state index contributed by atoms with van der Waals surface area (Å²) in [5, 5.41) is 19.4. The number of ether oxygens (including phenoxy) is 1. The summed E-state index contributed by atoms with van der Waals surface area (Å²) in [4.78, 5) is 29.0. The minimum Gasteiger partial charge on any atom is -0.495 e. The third-order valence-electron chi connectivity index (χ3n) is 8.57. The van der Waals surface area contributed by atoms with E-state index in [1.165, 1.54) is 93.9 Å². The molecule has 4 aromatic rings. The molecule has 2 N–H and O–H groups in total. The lowest BCUT2D eigenvalue weighted by molar-refractivity contribution is 0.0428. The van der Waals surface area contributed by atoms with E-state index in [0.29, 0.717) is 0 Å². The smallest absolute Gasteiger partial charge is 0.298 e. The van der Waals surface area contributed by atoms with E-state index in [1.54, 1.807) is 13.1 Å². The van der Waals surface area contributed by atoms with Gasteiger partial charge in [-0.05, 0) is 37.4 Å². The minimum atomic E-state index is -3.74. The van der Waals surface area contributed by atoms with Crippen molar-refractivity contribution < 1.29 is 31.5 Å². The van der Waals surface area contributed by atoms with Crippen LogP contribution >= 0.6 is 0 Å². The van der Waals surface area contributed by atoms with Crippen molar-refractivity contribution in [3.05, 3.63) is 107 Å². The fourth-order valence-electron chi connectivity index (χ4n) is 6.08. The predicted molar refractivity (Wildman–Crippen MR) is 173 cm³/mol. The van der Waals surface area contributed by atoms with Crippen LogP contribution in [0.1, 0.15) is 43.6 Å². The van der Waals surface area contributed by atoms with Gasteiger partial charge in [-0.2, -0.15) is 23.4 Å². The van der Waals surface area contributed by atoms with Gasteiger partial charge < -0.3 is 20.3 Å². The quantitative estimate of drug-likeness (QED) is 0.259. The Hall–Kier alpha value is -5.17. The van der Waals surface area contributed by atoms with Gasteiger partial charge in [0, 0.05) is 42.0 Å². The summed E-state index contributed by atoms with van der Waals surface area (Å²) >= 11 is 0. The zero-order valence-electron chi connectivity index (χ0n) is 25.9. The van der Waals surface area contributed by atoms with Crippen molar-refractivity contribution in [1.29, 1.82) is 5.26 Å². The number of rotatable bonds is 10. The highest BCUT2D eigenvalue weighted by atomic mass is 32.2.